The van der Waals surface area contributed by atoms with Gasteiger partial charge in [0.05, 0.1) is 0 Å². The van der Waals surface area contributed by atoms with Crippen LogP contribution in [0.3, 0.4) is 0 Å². The van der Waals surface area contributed by atoms with Crippen molar-refractivity contribution in [1.29, 1.82) is 0 Å². The maximum absolute atomic E-state index is 12.9. The minimum atomic E-state index is -0.464. The standard InChI is InChI=1S/C12H16FNO/c1-3-4-7-12(2)8-9-5-6-10(13)14-11(9)15-12/h5-6H,3-4,7-8H2,1-2H3. The van der Waals surface area contributed by atoms with Gasteiger partial charge >= 0.3 is 0 Å². The smallest absolute Gasteiger partial charge is 0.219 e. The van der Waals surface area contributed by atoms with Gasteiger partial charge in [-0.3, -0.25) is 0 Å². The summed E-state index contributed by atoms with van der Waals surface area (Å²) in [5.74, 6) is 0.0158. The van der Waals surface area contributed by atoms with Crippen LogP contribution in [0.15, 0.2) is 12.1 Å². The lowest BCUT2D eigenvalue weighted by atomic mass is 9.94. The van der Waals surface area contributed by atoms with Crippen LogP contribution in [0.5, 0.6) is 5.88 Å². The average Bonchev–Trinajstić information content (AvgIpc) is 2.51. The molecule has 0 radical (unpaired) electrons. The summed E-state index contributed by atoms with van der Waals surface area (Å²) < 4.78 is 18.6. The summed E-state index contributed by atoms with van der Waals surface area (Å²) in [5, 5.41) is 0. The Kier molecular flexibility index (Phi) is 2.63. The molecule has 1 unspecified atom stereocenters. The van der Waals surface area contributed by atoms with E-state index in [1.807, 2.05) is 0 Å². The molecule has 1 aromatic heterocycles. The van der Waals surface area contributed by atoms with E-state index in [-0.39, 0.29) is 5.60 Å². The number of hydrogen-bond acceptors (Lipinski definition) is 2. The molecule has 1 atom stereocenters. The lowest BCUT2D eigenvalue weighted by molar-refractivity contribution is 0.0973. The normalized spacial score (nSPS) is 23.7. The van der Waals surface area contributed by atoms with Crippen LogP contribution >= 0.6 is 0 Å². The van der Waals surface area contributed by atoms with E-state index in [9.17, 15) is 4.39 Å². The molecule has 0 aliphatic carbocycles. The van der Waals surface area contributed by atoms with Crippen molar-refractivity contribution in [2.45, 2.75) is 45.1 Å². The number of halogens is 1. The zero-order valence-corrected chi connectivity index (χ0v) is 9.22. The molecule has 0 spiro atoms. The Labute approximate surface area is 89.5 Å². The maximum Gasteiger partial charge on any atom is 0.219 e. The Morgan fingerprint density at radius 1 is 1.53 bits per heavy atom. The number of nitrogens with zero attached hydrogens (tertiary/aromatic N) is 1. The van der Waals surface area contributed by atoms with Crippen molar-refractivity contribution in [1.82, 2.24) is 4.98 Å². The number of fused-ring (bicyclic) bond motifs is 1. The number of aromatic nitrogens is 1. The fourth-order valence-electron chi connectivity index (χ4n) is 2.03. The molecule has 82 valence electrons. The highest BCUT2D eigenvalue weighted by atomic mass is 19.1. The Morgan fingerprint density at radius 3 is 3.07 bits per heavy atom. The van der Waals surface area contributed by atoms with Crippen molar-refractivity contribution >= 4 is 0 Å². The van der Waals surface area contributed by atoms with Gasteiger partial charge in [0, 0.05) is 12.0 Å². The first-order valence-corrected chi connectivity index (χ1v) is 5.47. The van der Waals surface area contributed by atoms with E-state index in [1.54, 1.807) is 6.07 Å². The highest BCUT2D eigenvalue weighted by Crippen LogP contribution is 2.36. The number of ether oxygens (including phenoxy) is 1. The SMILES string of the molecule is CCCCC1(C)Cc2ccc(F)nc2O1. The molecule has 0 amide bonds. The highest BCUT2D eigenvalue weighted by molar-refractivity contribution is 5.32. The molecule has 0 bridgehead atoms. The molecule has 1 aromatic rings. The third-order valence-corrected chi connectivity index (χ3v) is 2.87. The van der Waals surface area contributed by atoms with Crippen molar-refractivity contribution in [3.63, 3.8) is 0 Å². The third-order valence-electron chi connectivity index (χ3n) is 2.87. The Hall–Kier alpha value is -1.12. The van der Waals surface area contributed by atoms with Crippen LogP contribution in [0.25, 0.3) is 0 Å². The summed E-state index contributed by atoms with van der Waals surface area (Å²) in [6, 6.07) is 3.17. The van der Waals surface area contributed by atoms with Crippen molar-refractivity contribution in [3.05, 3.63) is 23.6 Å². The van der Waals surface area contributed by atoms with Crippen LogP contribution in [0.4, 0.5) is 4.39 Å². The molecule has 2 nitrogen and oxygen atoms in total. The third kappa shape index (κ3) is 2.11. The van der Waals surface area contributed by atoms with Crippen molar-refractivity contribution in [2.24, 2.45) is 0 Å². The second-order valence-electron chi connectivity index (χ2n) is 4.43. The van der Waals surface area contributed by atoms with Crippen molar-refractivity contribution in [3.8, 4) is 5.88 Å². The van der Waals surface area contributed by atoms with Gasteiger partial charge in [-0.1, -0.05) is 13.3 Å². The van der Waals surface area contributed by atoms with Gasteiger partial charge < -0.3 is 4.74 Å². The van der Waals surface area contributed by atoms with Gasteiger partial charge in [-0.2, -0.15) is 9.37 Å². The number of pyridine rings is 1. The Bertz CT molecular complexity index is 367. The first kappa shape index (κ1) is 10.4. The molecular weight excluding hydrogens is 193 g/mol. The molecule has 0 fully saturated rings. The highest BCUT2D eigenvalue weighted by Gasteiger charge is 2.35. The summed E-state index contributed by atoms with van der Waals surface area (Å²) >= 11 is 0. The monoisotopic (exact) mass is 209 g/mol. The van der Waals surface area contributed by atoms with Crippen LogP contribution in [0.1, 0.15) is 38.7 Å². The van der Waals surface area contributed by atoms with E-state index < -0.39 is 5.95 Å². The fraction of sp³-hybridized carbons (Fsp3) is 0.583. The first-order valence-electron chi connectivity index (χ1n) is 5.47. The van der Waals surface area contributed by atoms with Crippen LogP contribution in [0.2, 0.25) is 0 Å². The molecule has 1 aliphatic heterocycles. The molecule has 0 saturated heterocycles. The first-order chi connectivity index (χ1) is 7.13. The second-order valence-corrected chi connectivity index (χ2v) is 4.43. The summed E-state index contributed by atoms with van der Waals surface area (Å²) in [6.07, 6.45) is 4.13. The lowest BCUT2D eigenvalue weighted by Crippen LogP contribution is -2.29. The lowest BCUT2D eigenvalue weighted by Gasteiger charge is -2.22. The molecule has 0 aromatic carbocycles. The molecule has 2 rings (SSSR count). The number of hydrogen-bond donors (Lipinski definition) is 0. The minimum Gasteiger partial charge on any atom is -0.471 e. The molecule has 0 saturated carbocycles. The molecule has 15 heavy (non-hydrogen) atoms. The van der Waals surface area contributed by atoms with E-state index in [4.69, 9.17) is 4.74 Å². The van der Waals surface area contributed by atoms with Gasteiger partial charge in [0.15, 0.2) is 0 Å². The summed E-state index contributed by atoms with van der Waals surface area (Å²) in [7, 11) is 0. The van der Waals surface area contributed by atoms with Crippen LogP contribution in [0, 0.1) is 5.95 Å². The van der Waals surface area contributed by atoms with Gasteiger partial charge in [0.25, 0.3) is 0 Å². The minimum absolute atomic E-state index is 0.181. The predicted octanol–water partition coefficient (Wildman–Crippen LogP) is 3.10. The topological polar surface area (TPSA) is 22.1 Å². The second kappa shape index (κ2) is 3.80. The molecule has 0 N–H and O–H groups in total. The van der Waals surface area contributed by atoms with Crippen molar-refractivity contribution < 1.29 is 9.13 Å². The van der Waals surface area contributed by atoms with Gasteiger partial charge in [-0.15, -0.1) is 0 Å². The molecule has 3 heteroatoms. The van der Waals surface area contributed by atoms with E-state index in [1.165, 1.54) is 6.07 Å². The quantitative estimate of drug-likeness (QED) is 0.713. The fourth-order valence-corrected chi connectivity index (χ4v) is 2.03. The molecular formula is C12H16FNO. The van der Waals surface area contributed by atoms with E-state index in [0.717, 1.165) is 31.2 Å². The molecule has 1 aliphatic rings. The van der Waals surface area contributed by atoms with E-state index in [2.05, 4.69) is 18.8 Å². The summed E-state index contributed by atoms with van der Waals surface area (Å²) in [5.41, 5.74) is 0.842. The van der Waals surface area contributed by atoms with Crippen LogP contribution < -0.4 is 4.74 Å². The Morgan fingerprint density at radius 2 is 2.33 bits per heavy atom. The van der Waals surface area contributed by atoms with E-state index >= 15 is 0 Å². The van der Waals surface area contributed by atoms with Gasteiger partial charge in [-0.05, 0) is 31.9 Å². The van der Waals surface area contributed by atoms with Crippen LogP contribution in [-0.2, 0) is 6.42 Å². The van der Waals surface area contributed by atoms with Gasteiger partial charge in [0.2, 0.25) is 11.8 Å². The van der Waals surface area contributed by atoms with Gasteiger partial charge in [-0.25, -0.2) is 0 Å². The maximum atomic E-state index is 12.9. The van der Waals surface area contributed by atoms with Gasteiger partial charge in [0.1, 0.15) is 5.60 Å². The summed E-state index contributed by atoms with van der Waals surface area (Å²) in [4.78, 5) is 3.77. The zero-order chi connectivity index (χ0) is 10.9. The Balaban J connectivity index is 2.14. The number of unbranched alkanes of at least 4 members (excludes halogenated alkanes) is 1. The summed E-state index contributed by atoms with van der Waals surface area (Å²) in [6.45, 7) is 4.23. The number of rotatable bonds is 3. The predicted molar refractivity (Wildman–Crippen MR) is 56.5 cm³/mol. The van der Waals surface area contributed by atoms with Crippen molar-refractivity contribution in [2.75, 3.05) is 0 Å². The molecule has 2 heterocycles. The largest absolute Gasteiger partial charge is 0.471 e. The average molecular weight is 209 g/mol. The van der Waals surface area contributed by atoms with Crippen LogP contribution in [-0.4, -0.2) is 10.6 Å². The zero-order valence-electron chi connectivity index (χ0n) is 9.22. The van der Waals surface area contributed by atoms with E-state index in [0.29, 0.717) is 5.88 Å².